The summed E-state index contributed by atoms with van der Waals surface area (Å²) in [5.74, 6) is 2.55. The van der Waals surface area contributed by atoms with Gasteiger partial charge in [0.15, 0.2) is 11.5 Å². The molecule has 1 N–H and O–H groups in total. The zero-order chi connectivity index (χ0) is 25.4. The van der Waals surface area contributed by atoms with Crippen LogP contribution in [0.5, 0.6) is 17.2 Å². The predicted octanol–water partition coefficient (Wildman–Crippen LogP) is 3.31. The summed E-state index contributed by atoms with van der Waals surface area (Å²) in [7, 11) is 1.63. The molecule has 9 heteroatoms. The summed E-state index contributed by atoms with van der Waals surface area (Å²) in [4.78, 5) is 6.46. The topological polar surface area (TPSA) is 78.2 Å². The summed E-state index contributed by atoms with van der Waals surface area (Å²) >= 11 is 0. The number of methoxy groups -OCH3 is 1. The van der Waals surface area contributed by atoms with Gasteiger partial charge in [0.25, 0.3) is 0 Å². The third kappa shape index (κ3) is 6.96. The quantitative estimate of drug-likeness (QED) is 0.434. The number of hydrogen-bond acceptors (Lipinski definition) is 7. The van der Waals surface area contributed by atoms with Crippen molar-refractivity contribution in [1.82, 2.24) is 14.5 Å². The highest BCUT2D eigenvalue weighted by atomic mass is 19.1. The van der Waals surface area contributed by atoms with E-state index in [1.165, 1.54) is 12.1 Å². The normalized spacial score (nSPS) is 18.6. The zero-order valence-corrected chi connectivity index (χ0v) is 20.9. The summed E-state index contributed by atoms with van der Waals surface area (Å²) in [6.07, 6.45) is 4.64. The first-order chi connectivity index (χ1) is 17.5. The van der Waals surface area contributed by atoms with Gasteiger partial charge in [-0.05, 0) is 42.0 Å². The lowest BCUT2D eigenvalue weighted by Crippen LogP contribution is -2.48. The number of aryl methyl sites for hydroxylation is 1. The number of nitrogens with zero attached hydrogens (tertiary/aromatic N) is 3. The Bertz CT molecular complexity index is 1110. The second-order valence-corrected chi connectivity index (χ2v) is 8.95. The van der Waals surface area contributed by atoms with Crippen molar-refractivity contribution in [2.24, 2.45) is 0 Å². The van der Waals surface area contributed by atoms with Crippen LogP contribution in [0, 0.1) is 5.82 Å². The van der Waals surface area contributed by atoms with Crippen LogP contribution in [0.2, 0.25) is 0 Å². The molecule has 0 saturated carbocycles. The number of benzene rings is 2. The van der Waals surface area contributed by atoms with Crippen LogP contribution in [-0.2, 0) is 24.2 Å². The molecule has 1 atom stereocenters. The van der Waals surface area contributed by atoms with E-state index in [-0.39, 0.29) is 19.0 Å². The molecule has 1 aliphatic rings. The molecule has 194 valence electrons. The number of aromatic nitrogens is 2. The maximum absolute atomic E-state index is 13.1. The number of hydrogen-bond donors (Lipinski definition) is 1. The van der Waals surface area contributed by atoms with Gasteiger partial charge in [-0.25, -0.2) is 9.37 Å². The molecule has 1 aliphatic heterocycles. The van der Waals surface area contributed by atoms with E-state index in [1.54, 1.807) is 25.4 Å². The number of rotatable bonds is 11. The van der Waals surface area contributed by atoms with Gasteiger partial charge in [0.1, 0.15) is 36.2 Å². The van der Waals surface area contributed by atoms with Crippen molar-refractivity contribution in [1.29, 1.82) is 0 Å². The fourth-order valence-electron chi connectivity index (χ4n) is 4.27. The van der Waals surface area contributed by atoms with E-state index in [1.807, 2.05) is 24.4 Å². The highest BCUT2D eigenvalue weighted by molar-refractivity contribution is 5.43. The van der Waals surface area contributed by atoms with Crippen LogP contribution < -0.4 is 14.2 Å². The SMILES string of the molecule is CCc1nccn1CCOc1ccc(CN2CCOC[C@](O)(COc3ccc(F)cc3)C2)cc1OC. The molecule has 1 aromatic heterocycles. The minimum absolute atomic E-state index is 0.0435. The van der Waals surface area contributed by atoms with Gasteiger partial charge in [0.05, 0.1) is 26.9 Å². The molecular formula is C27H34FN3O5. The Morgan fingerprint density at radius 2 is 1.97 bits per heavy atom. The van der Waals surface area contributed by atoms with E-state index >= 15 is 0 Å². The second kappa shape index (κ2) is 12.2. The number of aliphatic hydroxyl groups is 1. The van der Waals surface area contributed by atoms with Crippen LogP contribution in [0.25, 0.3) is 0 Å². The van der Waals surface area contributed by atoms with Gasteiger partial charge in [-0.1, -0.05) is 13.0 Å². The number of ether oxygens (including phenoxy) is 4. The van der Waals surface area contributed by atoms with Gasteiger partial charge in [-0.15, -0.1) is 0 Å². The number of imidazole rings is 1. The number of halogens is 1. The average molecular weight is 500 g/mol. The van der Waals surface area contributed by atoms with Crippen molar-refractivity contribution in [3.05, 3.63) is 72.1 Å². The van der Waals surface area contributed by atoms with Crippen LogP contribution in [0.1, 0.15) is 18.3 Å². The molecule has 1 saturated heterocycles. The molecule has 0 spiro atoms. The molecule has 36 heavy (non-hydrogen) atoms. The molecule has 0 unspecified atom stereocenters. The summed E-state index contributed by atoms with van der Waals surface area (Å²) in [6.45, 7) is 5.66. The standard InChI is InChI=1S/C27H34FN3O5/c1-3-26-29-10-11-31(26)13-15-35-24-9-4-21(16-25(24)33-2)17-30-12-14-34-19-27(32,18-30)20-36-23-7-5-22(28)6-8-23/h4-11,16,32H,3,12-15,17-20H2,1-2H3/t27-/m0/s1. The molecule has 4 rings (SSSR count). The van der Waals surface area contributed by atoms with E-state index in [0.29, 0.717) is 56.6 Å². The molecule has 2 heterocycles. The van der Waals surface area contributed by atoms with Crippen molar-refractivity contribution in [2.45, 2.75) is 32.0 Å². The predicted molar refractivity (Wildman–Crippen MR) is 133 cm³/mol. The smallest absolute Gasteiger partial charge is 0.161 e. The molecule has 3 aromatic rings. The monoisotopic (exact) mass is 499 g/mol. The van der Waals surface area contributed by atoms with E-state index < -0.39 is 5.60 Å². The molecule has 2 aromatic carbocycles. The highest BCUT2D eigenvalue weighted by Gasteiger charge is 2.33. The summed E-state index contributed by atoms with van der Waals surface area (Å²) < 4.78 is 38.2. The van der Waals surface area contributed by atoms with Crippen molar-refractivity contribution in [3.8, 4) is 17.2 Å². The first-order valence-corrected chi connectivity index (χ1v) is 12.2. The van der Waals surface area contributed by atoms with Gasteiger partial charge in [-0.3, -0.25) is 4.90 Å². The lowest BCUT2D eigenvalue weighted by atomic mass is 10.1. The van der Waals surface area contributed by atoms with Gasteiger partial charge >= 0.3 is 0 Å². The van der Waals surface area contributed by atoms with E-state index in [2.05, 4.69) is 21.4 Å². The Morgan fingerprint density at radius 3 is 2.75 bits per heavy atom. The van der Waals surface area contributed by atoms with Crippen LogP contribution in [0.4, 0.5) is 4.39 Å². The third-order valence-corrected chi connectivity index (χ3v) is 6.10. The van der Waals surface area contributed by atoms with Crippen molar-refractivity contribution in [3.63, 3.8) is 0 Å². The lowest BCUT2D eigenvalue weighted by Gasteiger charge is -2.30. The highest BCUT2D eigenvalue weighted by Crippen LogP contribution is 2.29. The fourth-order valence-corrected chi connectivity index (χ4v) is 4.27. The van der Waals surface area contributed by atoms with Crippen LogP contribution in [0.15, 0.2) is 54.9 Å². The van der Waals surface area contributed by atoms with E-state index in [4.69, 9.17) is 18.9 Å². The molecule has 8 nitrogen and oxygen atoms in total. The van der Waals surface area contributed by atoms with Gasteiger partial charge < -0.3 is 28.6 Å². The maximum atomic E-state index is 13.1. The maximum Gasteiger partial charge on any atom is 0.161 e. The van der Waals surface area contributed by atoms with Crippen LogP contribution >= 0.6 is 0 Å². The Balaban J connectivity index is 1.34. The summed E-state index contributed by atoms with van der Waals surface area (Å²) in [5.41, 5.74) is -0.159. The molecular weight excluding hydrogens is 465 g/mol. The lowest BCUT2D eigenvalue weighted by molar-refractivity contribution is -0.0646. The Morgan fingerprint density at radius 1 is 1.14 bits per heavy atom. The van der Waals surface area contributed by atoms with Gasteiger partial charge in [-0.2, -0.15) is 0 Å². The average Bonchev–Trinajstić information content (AvgIpc) is 3.26. The molecule has 0 aliphatic carbocycles. The minimum atomic E-state index is -1.19. The van der Waals surface area contributed by atoms with Crippen LogP contribution in [0.3, 0.4) is 0 Å². The van der Waals surface area contributed by atoms with E-state index in [0.717, 1.165) is 17.8 Å². The van der Waals surface area contributed by atoms with Crippen molar-refractivity contribution < 1.29 is 28.4 Å². The third-order valence-electron chi connectivity index (χ3n) is 6.10. The molecule has 0 bridgehead atoms. The Labute approximate surface area is 211 Å². The first-order valence-electron chi connectivity index (χ1n) is 12.2. The summed E-state index contributed by atoms with van der Waals surface area (Å²) in [6, 6.07) is 11.6. The summed E-state index contributed by atoms with van der Waals surface area (Å²) in [5, 5.41) is 11.2. The fraction of sp³-hybridized carbons (Fsp3) is 0.444. The van der Waals surface area contributed by atoms with Crippen molar-refractivity contribution in [2.75, 3.05) is 46.6 Å². The van der Waals surface area contributed by atoms with E-state index in [9.17, 15) is 9.50 Å². The molecule has 0 radical (unpaired) electrons. The Kier molecular flexibility index (Phi) is 8.79. The molecule has 1 fully saturated rings. The zero-order valence-electron chi connectivity index (χ0n) is 20.9. The second-order valence-electron chi connectivity index (χ2n) is 8.95. The molecule has 0 amide bonds. The largest absolute Gasteiger partial charge is 0.493 e. The van der Waals surface area contributed by atoms with Crippen molar-refractivity contribution >= 4 is 0 Å². The first kappa shape index (κ1) is 25.9. The minimum Gasteiger partial charge on any atom is -0.493 e. The number of β-amino-alcohol motifs (C(OH)–C–C–N with tert-alkyl or cyclic N) is 1. The van der Waals surface area contributed by atoms with Gasteiger partial charge in [0, 0.05) is 38.4 Å². The van der Waals surface area contributed by atoms with Gasteiger partial charge in [0.2, 0.25) is 0 Å². The van der Waals surface area contributed by atoms with Crippen LogP contribution in [-0.4, -0.2) is 71.8 Å². The Hall–Kier alpha value is -3.14.